The second kappa shape index (κ2) is 5.91. The van der Waals surface area contributed by atoms with Crippen LogP contribution in [0, 0.1) is 6.92 Å². The molecule has 0 fully saturated rings. The molecule has 0 spiro atoms. The Hall–Kier alpha value is -2.23. The number of hydrogen-bond donors (Lipinski definition) is 2. The van der Waals surface area contributed by atoms with Gasteiger partial charge in [-0.2, -0.15) is 0 Å². The molecule has 1 aromatic carbocycles. The van der Waals surface area contributed by atoms with Crippen LogP contribution in [-0.4, -0.2) is 18.1 Å². The number of benzene rings is 1. The van der Waals surface area contributed by atoms with E-state index in [1.807, 2.05) is 43.3 Å². The molecule has 0 bridgehead atoms. The van der Waals surface area contributed by atoms with Crippen molar-refractivity contribution in [1.82, 2.24) is 4.98 Å². The fourth-order valence-corrected chi connectivity index (χ4v) is 1.63. The van der Waals surface area contributed by atoms with Crippen molar-refractivity contribution in [1.29, 1.82) is 0 Å². The molecular formula is C14H17N3O. The van der Waals surface area contributed by atoms with Gasteiger partial charge in [0.15, 0.2) is 0 Å². The van der Waals surface area contributed by atoms with E-state index in [0.29, 0.717) is 19.0 Å². The van der Waals surface area contributed by atoms with Gasteiger partial charge in [-0.05, 0) is 36.8 Å². The van der Waals surface area contributed by atoms with E-state index in [1.54, 1.807) is 6.20 Å². The molecule has 0 saturated heterocycles. The molecule has 0 saturated carbocycles. The largest absolute Gasteiger partial charge is 0.492 e. The zero-order chi connectivity index (χ0) is 12.8. The second-order valence-corrected chi connectivity index (χ2v) is 4.03. The van der Waals surface area contributed by atoms with Crippen LogP contribution in [-0.2, 0) is 0 Å². The van der Waals surface area contributed by atoms with Crippen molar-refractivity contribution in [3.63, 3.8) is 0 Å². The Morgan fingerprint density at radius 3 is 2.94 bits per heavy atom. The van der Waals surface area contributed by atoms with E-state index in [-0.39, 0.29) is 0 Å². The summed E-state index contributed by atoms with van der Waals surface area (Å²) in [6, 6.07) is 11.7. The smallest absolute Gasteiger partial charge is 0.146 e. The number of anilines is 2. The summed E-state index contributed by atoms with van der Waals surface area (Å²) in [7, 11) is 0. The van der Waals surface area contributed by atoms with Gasteiger partial charge in [0.05, 0.1) is 5.69 Å². The van der Waals surface area contributed by atoms with E-state index in [0.717, 1.165) is 11.4 Å². The van der Waals surface area contributed by atoms with E-state index in [1.165, 1.54) is 5.56 Å². The molecule has 0 amide bonds. The Morgan fingerprint density at radius 1 is 1.28 bits per heavy atom. The minimum Gasteiger partial charge on any atom is -0.492 e. The molecule has 0 unspecified atom stereocenters. The van der Waals surface area contributed by atoms with E-state index >= 15 is 0 Å². The predicted molar refractivity (Wildman–Crippen MR) is 73.8 cm³/mol. The molecule has 0 aliphatic heterocycles. The number of hydrogen-bond acceptors (Lipinski definition) is 4. The summed E-state index contributed by atoms with van der Waals surface area (Å²) in [6.07, 6.45) is 1.67. The number of nitrogen functional groups attached to an aromatic ring is 1. The minimum atomic E-state index is 0.507. The molecule has 3 N–H and O–H groups in total. The van der Waals surface area contributed by atoms with E-state index in [9.17, 15) is 0 Å². The monoisotopic (exact) mass is 243 g/mol. The normalized spacial score (nSPS) is 10.1. The molecule has 2 aromatic rings. The molecule has 0 aliphatic rings. The first-order valence-corrected chi connectivity index (χ1v) is 5.89. The van der Waals surface area contributed by atoms with Gasteiger partial charge in [0, 0.05) is 12.7 Å². The number of pyridine rings is 1. The maximum Gasteiger partial charge on any atom is 0.146 e. The quantitative estimate of drug-likeness (QED) is 0.792. The van der Waals surface area contributed by atoms with Gasteiger partial charge in [0.2, 0.25) is 0 Å². The molecular weight excluding hydrogens is 226 g/mol. The highest BCUT2D eigenvalue weighted by molar-refractivity contribution is 5.60. The van der Waals surface area contributed by atoms with Gasteiger partial charge in [-0.25, -0.2) is 4.98 Å². The van der Waals surface area contributed by atoms with Crippen LogP contribution in [0.1, 0.15) is 5.56 Å². The highest BCUT2D eigenvalue weighted by Crippen LogP contribution is 2.14. The van der Waals surface area contributed by atoms with Crippen molar-refractivity contribution in [3.05, 3.63) is 48.2 Å². The maximum atomic E-state index is 5.72. The highest BCUT2D eigenvalue weighted by atomic mass is 16.5. The molecule has 94 valence electrons. The Labute approximate surface area is 107 Å². The zero-order valence-corrected chi connectivity index (χ0v) is 10.4. The van der Waals surface area contributed by atoms with Gasteiger partial charge < -0.3 is 15.8 Å². The van der Waals surface area contributed by atoms with Crippen molar-refractivity contribution >= 4 is 11.5 Å². The van der Waals surface area contributed by atoms with Crippen LogP contribution in [0.5, 0.6) is 5.75 Å². The Balaban J connectivity index is 1.78. The van der Waals surface area contributed by atoms with Crippen LogP contribution >= 0.6 is 0 Å². The Morgan fingerprint density at radius 2 is 2.17 bits per heavy atom. The SMILES string of the molecule is Cc1cccc(OCCNc2cccnc2N)c1. The van der Waals surface area contributed by atoms with E-state index in [2.05, 4.69) is 10.3 Å². The van der Waals surface area contributed by atoms with Crippen LogP contribution in [0.2, 0.25) is 0 Å². The number of aromatic nitrogens is 1. The van der Waals surface area contributed by atoms with Crippen LogP contribution in [0.15, 0.2) is 42.6 Å². The third-order valence-corrected chi connectivity index (χ3v) is 2.51. The molecule has 4 nitrogen and oxygen atoms in total. The van der Waals surface area contributed by atoms with E-state index in [4.69, 9.17) is 10.5 Å². The summed E-state index contributed by atoms with van der Waals surface area (Å²) >= 11 is 0. The number of nitrogens with zero attached hydrogens (tertiary/aromatic N) is 1. The predicted octanol–water partition coefficient (Wildman–Crippen LogP) is 2.46. The Kier molecular flexibility index (Phi) is 4.02. The van der Waals surface area contributed by atoms with E-state index < -0.39 is 0 Å². The first kappa shape index (κ1) is 12.2. The first-order chi connectivity index (χ1) is 8.75. The van der Waals surface area contributed by atoms with Gasteiger partial charge in [0.1, 0.15) is 18.2 Å². The summed E-state index contributed by atoms with van der Waals surface area (Å²) in [6.45, 7) is 3.31. The molecule has 0 radical (unpaired) electrons. The summed E-state index contributed by atoms with van der Waals surface area (Å²) in [5, 5.41) is 3.19. The van der Waals surface area contributed by atoms with Gasteiger partial charge in [-0.15, -0.1) is 0 Å². The third-order valence-electron chi connectivity index (χ3n) is 2.51. The van der Waals surface area contributed by atoms with Crippen molar-refractivity contribution in [3.8, 4) is 5.75 Å². The van der Waals surface area contributed by atoms with Crippen LogP contribution in [0.4, 0.5) is 11.5 Å². The van der Waals surface area contributed by atoms with Gasteiger partial charge in [-0.1, -0.05) is 12.1 Å². The second-order valence-electron chi connectivity index (χ2n) is 4.03. The van der Waals surface area contributed by atoms with Crippen LogP contribution in [0.3, 0.4) is 0 Å². The lowest BCUT2D eigenvalue weighted by molar-refractivity contribution is 0.332. The molecule has 18 heavy (non-hydrogen) atoms. The molecule has 2 rings (SSSR count). The van der Waals surface area contributed by atoms with Crippen molar-refractivity contribution < 1.29 is 4.74 Å². The zero-order valence-electron chi connectivity index (χ0n) is 10.4. The molecule has 1 heterocycles. The first-order valence-electron chi connectivity index (χ1n) is 5.89. The van der Waals surface area contributed by atoms with Crippen molar-refractivity contribution in [2.24, 2.45) is 0 Å². The minimum absolute atomic E-state index is 0.507. The lowest BCUT2D eigenvalue weighted by Crippen LogP contribution is -2.12. The van der Waals surface area contributed by atoms with Gasteiger partial charge >= 0.3 is 0 Å². The van der Waals surface area contributed by atoms with Gasteiger partial charge in [-0.3, -0.25) is 0 Å². The average Bonchev–Trinajstić information content (AvgIpc) is 2.37. The number of ether oxygens (including phenoxy) is 1. The fourth-order valence-electron chi connectivity index (χ4n) is 1.63. The summed E-state index contributed by atoms with van der Waals surface area (Å²) in [5.41, 5.74) is 7.75. The standard InChI is InChI=1S/C14H17N3O/c1-11-4-2-5-12(10-11)18-9-8-16-13-6-3-7-17-14(13)15/h2-7,10,16H,8-9H2,1H3,(H2,15,17). The average molecular weight is 243 g/mol. The summed E-state index contributed by atoms with van der Waals surface area (Å²) in [4.78, 5) is 4.00. The highest BCUT2D eigenvalue weighted by Gasteiger charge is 1.98. The van der Waals surface area contributed by atoms with Gasteiger partial charge in [0.25, 0.3) is 0 Å². The van der Waals surface area contributed by atoms with Crippen LogP contribution < -0.4 is 15.8 Å². The lowest BCUT2D eigenvalue weighted by Gasteiger charge is -2.10. The maximum absolute atomic E-state index is 5.72. The van der Waals surface area contributed by atoms with Crippen molar-refractivity contribution in [2.75, 3.05) is 24.2 Å². The topological polar surface area (TPSA) is 60.2 Å². The third kappa shape index (κ3) is 3.38. The number of aryl methyl sites for hydroxylation is 1. The van der Waals surface area contributed by atoms with Crippen LogP contribution in [0.25, 0.3) is 0 Å². The molecule has 4 heteroatoms. The molecule has 0 aliphatic carbocycles. The lowest BCUT2D eigenvalue weighted by atomic mass is 10.2. The van der Waals surface area contributed by atoms with Crippen molar-refractivity contribution in [2.45, 2.75) is 6.92 Å². The summed E-state index contributed by atoms with van der Waals surface area (Å²) in [5.74, 6) is 1.39. The number of nitrogens with two attached hydrogens (primary N) is 1. The Bertz CT molecular complexity index is 514. The number of nitrogens with one attached hydrogen (secondary N) is 1. The fraction of sp³-hybridized carbons (Fsp3) is 0.214. The molecule has 0 atom stereocenters. The molecule has 1 aromatic heterocycles. The summed E-state index contributed by atoms with van der Waals surface area (Å²) < 4.78 is 5.62. The number of rotatable bonds is 5.